The zero-order chi connectivity index (χ0) is 30.7. The molecule has 1 unspecified atom stereocenters. The van der Waals surface area contributed by atoms with Gasteiger partial charge in [-0.05, 0) is 45.9 Å². The Morgan fingerprint density at radius 2 is 1.56 bits per heavy atom. The first-order chi connectivity index (χ1) is 21.3. The van der Waals surface area contributed by atoms with Gasteiger partial charge in [-0.3, -0.25) is 4.39 Å². The third kappa shape index (κ3) is 7.20. The zero-order valence-corrected chi connectivity index (χ0v) is 29.0. The summed E-state index contributed by atoms with van der Waals surface area (Å²) in [6, 6.07) is 41.7. The average Bonchev–Trinajstić information content (AvgIpc) is 3.44. The fourth-order valence-electron chi connectivity index (χ4n) is 5.23. The summed E-state index contributed by atoms with van der Waals surface area (Å²) in [5.74, 6) is 0.0542. The SMILES string of the molecule is CC(c1ccccc1)c1ccc2oc3c(-c4ccccn4)[c-]ccc3c2c1.C[Si](C)(C)c1ccc(-c2[c-]cc(F)cc2)nc1.[Ir]. The molecule has 3 heterocycles. The van der Waals surface area contributed by atoms with E-state index in [1.165, 1.54) is 28.4 Å². The molecule has 7 rings (SSSR count). The van der Waals surface area contributed by atoms with Gasteiger partial charge in [-0.2, -0.15) is 0 Å². The molecule has 0 aliphatic heterocycles. The van der Waals surface area contributed by atoms with Gasteiger partial charge in [0.2, 0.25) is 0 Å². The summed E-state index contributed by atoms with van der Waals surface area (Å²) < 4.78 is 19.0. The Bertz CT molecular complexity index is 2000. The van der Waals surface area contributed by atoms with Gasteiger partial charge in [0.25, 0.3) is 0 Å². The van der Waals surface area contributed by atoms with E-state index in [0.717, 1.165) is 44.5 Å². The van der Waals surface area contributed by atoms with Crippen LogP contribution in [0.5, 0.6) is 0 Å². The van der Waals surface area contributed by atoms with E-state index in [0.29, 0.717) is 5.92 Å². The second-order valence-electron chi connectivity index (χ2n) is 11.9. The summed E-state index contributed by atoms with van der Waals surface area (Å²) in [7, 11) is -1.30. The molecule has 0 amide bonds. The molecular weight excluding hydrogens is 752 g/mol. The van der Waals surface area contributed by atoms with Crippen LogP contribution in [0, 0.1) is 17.9 Å². The molecule has 3 nitrogen and oxygen atoms in total. The normalized spacial score (nSPS) is 11.8. The third-order valence-electron chi connectivity index (χ3n) is 7.86. The third-order valence-corrected chi connectivity index (χ3v) is 9.88. The van der Waals surface area contributed by atoms with Crippen molar-refractivity contribution in [2.45, 2.75) is 32.5 Å². The van der Waals surface area contributed by atoms with Crippen LogP contribution in [-0.4, -0.2) is 18.0 Å². The predicted octanol–water partition coefficient (Wildman–Crippen LogP) is 9.83. The molecule has 0 fully saturated rings. The van der Waals surface area contributed by atoms with Gasteiger partial charge in [0, 0.05) is 49.6 Å². The first kappa shape index (κ1) is 32.2. The van der Waals surface area contributed by atoms with Crippen LogP contribution in [0.1, 0.15) is 24.0 Å². The van der Waals surface area contributed by atoms with Gasteiger partial charge in [-0.15, -0.1) is 48.0 Å². The van der Waals surface area contributed by atoms with Crippen LogP contribution < -0.4 is 5.19 Å². The molecule has 0 bridgehead atoms. The van der Waals surface area contributed by atoms with Crippen LogP contribution in [0.25, 0.3) is 44.5 Å². The Labute approximate surface area is 278 Å². The van der Waals surface area contributed by atoms with E-state index in [1.807, 2.05) is 36.5 Å². The van der Waals surface area contributed by atoms with E-state index >= 15 is 0 Å². The predicted molar refractivity (Wildman–Crippen MR) is 181 cm³/mol. The Balaban J connectivity index is 0.000000193. The minimum Gasteiger partial charge on any atom is -0.501 e. The molecule has 1 radical (unpaired) electrons. The van der Waals surface area contributed by atoms with Gasteiger partial charge >= 0.3 is 0 Å². The number of fused-ring (bicyclic) bond motifs is 3. The van der Waals surface area contributed by atoms with Crippen LogP contribution in [0.2, 0.25) is 19.6 Å². The Morgan fingerprint density at radius 1 is 0.756 bits per heavy atom. The molecule has 6 heteroatoms. The van der Waals surface area contributed by atoms with Crippen molar-refractivity contribution < 1.29 is 28.9 Å². The number of hydrogen-bond acceptors (Lipinski definition) is 3. The fraction of sp³-hybridized carbons (Fsp3) is 0.128. The average molecular weight is 785 g/mol. The monoisotopic (exact) mass is 785 g/mol. The summed E-state index contributed by atoms with van der Waals surface area (Å²) in [5.41, 5.74) is 7.78. The standard InChI is InChI=1S/C25H18NO.C14H15FNSi.Ir/c1-17(18-8-3-2-4-9-18)19-13-14-24-22(16-19)20-10-7-11-21(25(20)27-24)23-12-5-6-15-26-23;1-17(2,3)13-8-9-14(16-10-13)11-4-6-12(15)7-5-11;/h2-10,12-17H,1H3;4,6-10H,1-3H3;/q2*-1;. The molecule has 0 saturated carbocycles. The molecule has 45 heavy (non-hydrogen) atoms. The molecule has 227 valence electrons. The quantitative estimate of drug-likeness (QED) is 0.129. The second-order valence-corrected chi connectivity index (χ2v) is 17.0. The van der Waals surface area contributed by atoms with Gasteiger partial charge in [0.05, 0.1) is 13.7 Å². The Morgan fingerprint density at radius 3 is 2.22 bits per heavy atom. The van der Waals surface area contributed by atoms with E-state index in [4.69, 9.17) is 4.42 Å². The number of rotatable bonds is 5. The first-order valence-electron chi connectivity index (χ1n) is 14.8. The van der Waals surface area contributed by atoms with Crippen LogP contribution >= 0.6 is 0 Å². The van der Waals surface area contributed by atoms with Crippen molar-refractivity contribution in [2.24, 2.45) is 0 Å². The summed E-state index contributed by atoms with van der Waals surface area (Å²) in [6.07, 6.45) is 3.73. The summed E-state index contributed by atoms with van der Waals surface area (Å²) in [6.45, 7) is 9.10. The van der Waals surface area contributed by atoms with Gasteiger partial charge in [0.15, 0.2) is 0 Å². The number of pyridine rings is 2. The van der Waals surface area contributed by atoms with Crippen LogP contribution in [0.4, 0.5) is 4.39 Å². The second kappa shape index (κ2) is 13.8. The topological polar surface area (TPSA) is 38.9 Å². The number of furan rings is 1. The van der Waals surface area contributed by atoms with Crippen molar-refractivity contribution in [1.82, 2.24) is 9.97 Å². The molecule has 0 saturated heterocycles. The minimum absolute atomic E-state index is 0. The van der Waals surface area contributed by atoms with Crippen LogP contribution in [0.3, 0.4) is 0 Å². The van der Waals surface area contributed by atoms with E-state index < -0.39 is 8.07 Å². The van der Waals surface area contributed by atoms with E-state index in [1.54, 1.807) is 12.3 Å². The first-order valence-corrected chi connectivity index (χ1v) is 18.3. The largest absolute Gasteiger partial charge is 0.501 e. The number of hydrogen-bond donors (Lipinski definition) is 0. The molecule has 0 spiro atoms. The maximum atomic E-state index is 12.8. The van der Waals surface area contributed by atoms with E-state index in [2.05, 4.69) is 109 Å². The molecule has 1 atom stereocenters. The molecule has 0 aliphatic carbocycles. The van der Waals surface area contributed by atoms with Gasteiger partial charge in [-0.25, -0.2) is 0 Å². The van der Waals surface area contributed by atoms with E-state index in [9.17, 15) is 4.39 Å². The molecule has 0 N–H and O–H groups in total. The number of halogens is 1. The maximum absolute atomic E-state index is 12.8. The van der Waals surface area contributed by atoms with Gasteiger partial charge < -0.3 is 14.4 Å². The molecule has 7 aromatic rings. The van der Waals surface area contributed by atoms with Gasteiger partial charge in [0.1, 0.15) is 5.58 Å². The van der Waals surface area contributed by atoms with Crippen molar-refractivity contribution in [1.29, 1.82) is 0 Å². The molecule has 0 aliphatic rings. The van der Waals surface area contributed by atoms with Crippen molar-refractivity contribution in [3.63, 3.8) is 0 Å². The number of nitrogens with zero attached hydrogens (tertiary/aromatic N) is 2. The zero-order valence-electron chi connectivity index (χ0n) is 25.6. The Hall–Kier alpha value is -4.22. The maximum Gasteiger partial charge on any atom is 0.120 e. The van der Waals surface area contributed by atoms with Crippen molar-refractivity contribution in [3.05, 3.63) is 151 Å². The summed E-state index contributed by atoms with van der Waals surface area (Å²) in [4.78, 5) is 8.89. The number of benzene rings is 4. The Kier molecular flexibility index (Phi) is 9.88. The van der Waals surface area contributed by atoms with Crippen molar-refractivity contribution in [3.8, 4) is 22.5 Å². The molecule has 3 aromatic heterocycles. The van der Waals surface area contributed by atoms with Crippen LogP contribution in [-0.2, 0) is 20.1 Å². The van der Waals surface area contributed by atoms with E-state index in [-0.39, 0.29) is 25.9 Å². The van der Waals surface area contributed by atoms with Gasteiger partial charge in [-0.1, -0.05) is 98.2 Å². The van der Waals surface area contributed by atoms with Crippen molar-refractivity contribution >= 4 is 35.2 Å². The van der Waals surface area contributed by atoms with Crippen molar-refractivity contribution in [2.75, 3.05) is 0 Å². The molecular formula is C39H33FIrN2OSi-2. The summed E-state index contributed by atoms with van der Waals surface area (Å²) >= 11 is 0. The van der Waals surface area contributed by atoms with Crippen LogP contribution in [0.15, 0.2) is 126 Å². The fourth-order valence-corrected chi connectivity index (χ4v) is 6.26. The minimum atomic E-state index is -1.30. The smallest absolute Gasteiger partial charge is 0.120 e. The number of aromatic nitrogens is 2. The summed E-state index contributed by atoms with van der Waals surface area (Å²) in [5, 5.41) is 3.56. The molecule has 4 aromatic carbocycles.